The molecule has 2 N–H and O–H groups in total. The molecule has 1 aromatic rings. The SMILES string of the molecule is CNCc1nnc(NC(C)(C)CC(C)(C)C)o1. The summed E-state index contributed by atoms with van der Waals surface area (Å²) in [4.78, 5) is 0. The molecule has 1 aromatic heterocycles. The summed E-state index contributed by atoms with van der Waals surface area (Å²) in [5.41, 5.74) is 0.187. The number of hydrogen-bond acceptors (Lipinski definition) is 5. The maximum atomic E-state index is 5.48. The summed E-state index contributed by atoms with van der Waals surface area (Å²) < 4.78 is 5.48. The fourth-order valence-corrected chi connectivity index (χ4v) is 2.19. The fraction of sp³-hybridized carbons (Fsp3) is 0.833. The zero-order valence-electron chi connectivity index (χ0n) is 11.7. The van der Waals surface area contributed by atoms with E-state index in [-0.39, 0.29) is 11.0 Å². The largest absolute Gasteiger partial charge is 0.407 e. The Balaban J connectivity index is 2.62. The fourth-order valence-electron chi connectivity index (χ4n) is 2.19. The van der Waals surface area contributed by atoms with Gasteiger partial charge in [0.05, 0.1) is 6.54 Å². The van der Waals surface area contributed by atoms with Crippen LogP contribution in [-0.4, -0.2) is 22.8 Å². The van der Waals surface area contributed by atoms with E-state index in [9.17, 15) is 0 Å². The lowest BCUT2D eigenvalue weighted by molar-refractivity contribution is 0.297. The van der Waals surface area contributed by atoms with Crippen molar-refractivity contribution in [2.24, 2.45) is 5.41 Å². The molecule has 0 saturated carbocycles. The maximum Gasteiger partial charge on any atom is 0.315 e. The van der Waals surface area contributed by atoms with Crippen molar-refractivity contribution in [3.63, 3.8) is 0 Å². The zero-order chi connectivity index (χ0) is 13.1. The van der Waals surface area contributed by atoms with Crippen molar-refractivity contribution in [2.45, 2.75) is 53.1 Å². The normalized spacial score (nSPS) is 12.8. The molecule has 5 heteroatoms. The van der Waals surface area contributed by atoms with Crippen molar-refractivity contribution in [2.75, 3.05) is 12.4 Å². The van der Waals surface area contributed by atoms with Gasteiger partial charge in [-0.1, -0.05) is 25.9 Å². The molecule has 0 aliphatic heterocycles. The van der Waals surface area contributed by atoms with E-state index in [4.69, 9.17) is 4.42 Å². The van der Waals surface area contributed by atoms with E-state index in [0.29, 0.717) is 18.5 Å². The van der Waals surface area contributed by atoms with E-state index in [0.717, 1.165) is 6.42 Å². The van der Waals surface area contributed by atoms with Gasteiger partial charge in [-0.15, -0.1) is 5.10 Å². The summed E-state index contributed by atoms with van der Waals surface area (Å²) in [6.45, 7) is 11.5. The number of anilines is 1. The lowest BCUT2D eigenvalue weighted by atomic mass is 9.82. The van der Waals surface area contributed by atoms with Gasteiger partial charge in [0.15, 0.2) is 0 Å². The van der Waals surface area contributed by atoms with E-state index in [1.54, 1.807) is 0 Å². The molecular formula is C12H24N4O. The van der Waals surface area contributed by atoms with E-state index >= 15 is 0 Å². The molecule has 0 spiro atoms. The first-order chi connectivity index (χ1) is 7.72. The van der Waals surface area contributed by atoms with Crippen LogP contribution in [0.2, 0.25) is 0 Å². The van der Waals surface area contributed by atoms with E-state index in [2.05, 4.69) is 55.4 Å². The van der Waals surface area contributed by atoms with Crippen LogP contribution in [0.15, 0.2) is 4.42 Å². The van der Waals surface area contributed by atoms with E-state index in [1.807, 2.05) is 7.05 Å². The number of hydrogen-bond donors (Lipinski definition) is 2. The van der Waals surface area contributed by atoms with E-state index < -0.39 is 0 Å². The van der Waals surface area contributed by atoms with Crippen LogP contribution >= 0.6 is 0 Å². The lowest BCUT2D eigenvalue weighted by Crippen LogP contribution is -2.35. The zero-order valence-corrected chi connectivity index (χ0v) is 11.7. The monoisotopic (exact) mass is 240 g/mol. The van der Waals surface area contributed by atoms with E-state index in [1.165, 1.54) is 0 Å². The van der Waals surface area contributed by atoms with Crippen LogP contribution in [0.25, 0.3) is 0 Å². The molecule has 0 atom stereocenters. The molecule has 0 fully saturated rings. The predicted octanol–water partition coefficient (Wildman–Crippen LogP) is 2.42. The molecule has 0 aromatic carbocycles. The summed E-state index contributed by atoms with van der Waals surface area (Å²) in [6.07, 6.45) is 1.02. The number of rotatable bonds is 5. The molecule has 0 amide bonds. The Kier molecular flexibility index (Phi) is 4.14. The molecule has 0 bridgehead atoms. The molecule has 17 heavy (non-hydrogen) atoms. The first-order valence-corrected chi connectivity index (χ1v) is 5.97. The Morgan fingerprint density at radius 2 is 1.76 bits per heavy atom. The van der Waals surface area contributed by atoms with Crippen LogP contribution in [0.3, 0.4) is 0 Å². The number of aromatic nitrogens is 2. The number of nitrogens with one attached hydrogen (secondary N) is 2. The van der Waals surface area contributed by atoms with Crippen LogP contribution < -0.4 is 10.6 Å². The summed E-state index contributed by atoms with van der Waals surface area (Å²) in [6, 6.07) is 0.490. The van der Waals surface area contributed by atoms with Gasteiger partial charge in [-0.2, -0.15) is 0 Å². The van der Waals surface area contributed by atoms with Gasteiger partial charge in [-0.25, -0.2) is 0 Å². The van der Waals surface area contributed by atoms with Crippen molar-refractivity contribution in [3.05, 3.63) is 5.89 Å². The molecule has 0 aliphatic carbocycles. The second-order valence-corrected chi connectivity index (χ2v) is 6.28. The van der Waals surface area contributed by atoms with Crippen LogP contribution in [0.5, 0.6) is 0 Å². The first-order valence-electron chi connectivity index (χ1n) is 5.97. The summed E-state index contributed by atoms with van der Waals surface area (Å²) in [7, 11) is 1.85. The highest BCUT2D eigenvalue weighted by molar-refractivity contribution is 5.22. The first kappa shape index (κ1) is 14.0. The van der Waals surface area contributed by atoms with Crippen LogP contribution in [0.4, 0.5) is 6.01 Å². The Bertz CT molecular complexity index is 352. The Morgan fingerprint density at radius 1 is 1.12 bits per heavy atom. The summed E-state index contributed by atoms with van der Waals surface area (Å²) >= 11 is 0. The summed E-state index contributed by atoms with van der Waals surface area (Å²) in [5, 5.41) is 14.2. The third kappa shape index (κ3) is 5.17. The molecular weight excluding hydrogens is 216 g/mol. The molecule has 0 unspecified atom stereocenters. The molecule has 1 heterocycles. The van der Waals surface area contributed by atoms with Crippen LogP contribution in [0.1, 0.15) is 46.9 Å². The van der Waals surface area contributed by atoms with Crippen molar-refractivity contribution < 1.29 is 4.42 Å². The average Bonchev–Trinajstić information content (AvgIpc) is 2.47. The van der Waals surface area contributed by atoms with Gasteiger partial charge in [0.2, 0.25) is 5.89 Å². The van der Waals surface area contributed by atoms with Gasteiger partial charge < -0.3 is 15.1 Å². The average molecular weight is 240 g/mol. The smallest absolute Gasteiger partial charge is 0.315 e. The lowest BCUT2D eigenvalue weighted by Gasteiger charge is -2.32. The standard InChI is InChI=1S/C12H24N4O/c1-11(2,3)8-12(4,5)14-10-16-15-9(17-10)7-13-6/h13H,7-8H2,1-6H3,(H,14,16). The van der Waals surface area contributed by atoms with Gasteiger partial charge in [-0.3, -0.25) is 0 Å². The minimum Gasteiger partial charge on any atom is -0.407 e. The second kappa shape index (κ2) is 5.04. The highest BCUT2D eigenvalue weighted by Crippen LogP contribution is 2.29. The van der Waals surface area contributed by atoms with Crippen molar-refractivity contribution >= 4 is 6.01 Å². The summed E-state index contributed by atoms with van der Waals surface area (Å²) in [5.74, 6) is 0.599. The minimum atomic E-state index is -0.0678. The van der Waals surface area contributed by atoms with Crippen LogP contribution in [-0.2, 0) is 6.54 Å². The predicted molar refractivity (Wildman–Crippen MR) is 68.8 cm³/mol. The Hall–Kier alpha value is -1.10. The van der Waals surface area contributed by atoms with Gasteiger partial charge in [0, 0.05) is 5.54 Å². The van der Waals surface area contributed by atoms with Crippen molar-refractivity contribution in [1.29, 1.82) is 0 Å². The van der Waals surface area contributed by atoms with Crippen LogP contribution in [0, 0.1) is 5.41 Å². The minimum absolute atomic E-state index is 0.0678. The third-order valence-electron chi connectivity index (χ3n) is 2.21. The Morgan fingerprint density at radius 3 is 2.29 bits per heavy atom. The van der Waals surface area contributed by atoms with Gasteiger partial charge in [-0.05, 0) is 32.7 Å². The molecule has 98 valence electrons. The Labute approximate surface area is 103 Å². The molecule has 5 nitrogen and oxygen atoms in total. The second-order valence-electron chi connectivity index (χ2n) is 6.28. The highest BCUT2D eigenvalue weighted by atomic mass is 16.4. The van der Waals surface area contributed by atoms with Crippen molar-refractivity contribution in [3.8, 4) is 0 Å². The maximum absolute atomic E-state index is 5.48. The molecule has 0 radical (unpaired) electrons. The molecule has 0 aliphatic rings. The number of nitrogens with zero attached hydrogens (tertiary/aromatic N) is 2. The van der Waals surface area contributed by atoms with Gasteiger partial charge >= 0.3 is 6.01 Å². The molecule has 0 saturated heterocycles. The van der Waals surface area contributed by atoms with Gasteiger partial charge in [0.25, 0.3) is 0 Å². The van der Waals surface area contributed by atoms with Gasteiger partial charge in [0.1, 0.15) is 0 Å². The molecule has 1 rings (SSSR count). The van der Waals surface area contributed by atoms with Crippen molar-refractivity contribution in [1.82, 2.24) is 15.5 Å². The topological polar surface area (TPSA) is 63.0 Å². The quantitative estimate of drug-likeness (QED) is 0.827. The third-order valence-corrected chi connectivity index (χ3v) is 2.21. The highest BCUT2D eigenvalue weighted by Gasteiger charge is 2.26.